The minimum Gasteiger partial charge on any atom is -0.457 e. The molecule has 0 bridgehead atoms. The summed E-state index contributed by atoms with van der Waals surface area (Å²) >= 11 is 0. The Morgan fingerprint density at radius 1 is 0.472 bits per heavy atom. The highest BCUT2D eigenvalue weighted by atomic mass is 16.6. The monoisotopic (exact) mass is 733 g/mol. The second-order valence-electron chi connectivity index (χ2n) is 13.7. The second kappa shape index (κ2) is 45.2. The molecule has 0 aliphatic heterocycles. The van der Waals surface area contributed by atoms with Gasteiger partial charge in [0.2, 0.25) is 0 Å². The van der Waals surface area contributed by atoms with Crippen LogP contribution in [0.15, 0.2) is 109 Å². The van der Waals surface area contributed by atoms with E-state index in [1.54, 1.807) is 0 Å². The minimum absolute atomic E-state index is 0.201. The summed E-state index contributed by atoms with van der Waals surface area (Å²) in [6, 6.07) is 0. The third-order valence-electron chi connectivity index (χ3n) is 8.58. The van der Waals surface area contributed by atoms with Gasteiger partial charge in [-0.3, -0.25) is 4.79 Å². The summed E-state index contributed by atoms with van der Waals surface area (Å²) in [5, 5.41) is 9.60. The molecule has 0 aromatic heterocycles. The van der Waals surface area contributed by atoms with Crippen molar-refractivity contribution in [3.63, 3.8) is 0 Å². The van der Waals surface area contributed by atoms with Gasteiger partial charge in [-0.2, -0.15) is 0 Å². The van der Waals surface area contributed by atoms with Gasteiger partial charge in [0.1, 0.15) is 6.10 Å². The molecular formula is C49H80O4. The van der Waals surface area contributed by atoms with Crippen LogP contribution in [0, 0.1) is 0 Å². The van der Waals surface area contributed by atoms with E-state index >= 15 is 0 Å². The Labute approximate surface area is 327 Å². The van der Waals surface area contributed by atoms with Crippen molar-refractivity contribution < 1.29 is 19.4 Å². The van der Waals surface area contributed by atoms with Crippen molar-refractivity contribution in [1.82, 2.24) is 0 Å². The van der Waals surface area contributed by atoms with Gasteiger partial charge in [-0.15, -0.1) is 0 Å². The maximum absolute atomic E-state index is 12.2. The molecule has 4 heteroatoms. The topological polar surface area (TPSA) is 55.8 Å². The van der Waals surface area contributed by atoms with Crippen LogP contribution in [0.5, 0.6) is 0 Å². The Hall–Kier alpha value is -2.95. The molecule has 0 aromatic carbocycles. The fourth-order valence-corrected chi connectivity index (χ4v) is 5.39. The molecule has 0 heterocycles. The lowest BCUT2D eigenvalue weighted by atomic mass is 10.1. The van der Waals surface area contributed by atoms with Crippen molar-refractivity contribution in [2.45, 2.75) is 174 Å². The molecule has 0 radical (unpaired) electrons. The summed E-state index contributed by atoms with van der Waals surface area (Å²) < 4.78 is 11.1. The Balaban J connectivity index is 3.60. The third-order valence-corrected chi connectivity index (χ3v) is 8.58. The number of unbranched alkanes of at least 4 members (excludes halogenated alkanes) is 12. The number of aliphatic hydroxyl groups is 1. The van der Waals surface area contributed by atoms with E-state index in [0.717, 1.165) is 83.5 Å². The fourth-order valence-electron chi connectivity index (χ4n) is 5.39. The molecule has 4 nitrogen and oxygen atoms in total. The first-order valence-electron chi connectivity index (χ1n) is 21.5. The molecule has 0 saturated carbocycles. The number of carbonyl (C=O) groups is 1. The van der Waals surface area contributed by atoms with Crippen LogP contribution in [-0.2, 0) is 14.3 Å². The number of hydrogen-bond donors (Lipinski definition) is 1. The molecule has 0 spiro atoms. The van der Waals surface area contributed by atoms with Crippen molar-refractivity contribution in [2.75, 3.05) is 19.8 Å². The van der Waals surface area contributed by atoms with Crippen LogP contribution in [0.25, 0.3) is 0 Å². The number of ether oxygens (including phenoxy) is 2. The quantitative estimate of drug-likeness (QED) is 0.0390. The van der Waals surface area contributed by atoms with Crippen LogP contribution in [0.3, 0.4) is 0 Å². The number of hydrogen-bond acceptors (Lipinski definition) is 4. The van der Waals surface area contributed by atoms with Gasteiger partial charge < -0.3 is 14.6 Å². The Kier molecular flexibility index (Phi) is 42.7. The lowest BCUT2D eigenvalue weighted by Gasteiger charge is -2.15. The van der Waals surface area contributed by atoms with E-state index in [9.17, 15) is 9.90 Å². The van der Waals surface area contributed by atoms with Gasteiger partial charge >= 0.3 is 5.97 Å². The number of carbonyl (C=O) groups excluding carboxylic acids is 1. The molecule has 0 fully saturated rings. The first-order chi connectivity index (χ1) is 26.2. The van der Waals surface area contributed by atoms with Crippen LogP contribution >= 0.6 is 0 Å². The normalized spacial score (nSPS) is 13.5. The lowest BCUT2D eigenvalue weighted by Crippen LogP contribution is -2.27. The van der Waals surface area contributed by atoms with Gasteiger partial charge in [0, 0.05) is 13.0 Å². The van der Waals surface area contributed by atoms with E-state index in [2.05, 4.69) is 123 Å². The van der Waals surface area contributed by atoms with Crippen molar-refractivity contribution in [2.24, 2.45) is 0 Å². The predicted octanol–water partition coefficient (Wildman–Crippen LogP) is 14.3. The lowest BCUT2D eigenvalue weighted by molar-refractivity contribution is -0.154. The molecule has 0 saturated heterocycles. The first-order valence-corrected chi connectivity index (χ1v) is 21.5. The maximum atomic E-state index is 12.2. The molecule has 0 rings (SSSR count). The molecule has 53 heavy (non-hydrogen) atoms. The molecule has 300 valence electrons. The van der Waals surface area contributed by atoms with Gasteiger partial charge in [0.05, 0.1) is 13.2 Å². The third kappa shape index (κ3) is 43.3. The van der Waals surface area contributed by atoms with E-state index in [-0.39, 0.29) is 19.2 Å². The highest BCUT2D eigenvalue weighted by Crippen LogP contribution is 2.10. The first kappa shape index (κ1) is 50.1. The summed E-state index contributed by atoms with van der Waals surface area (Å²) in [6.45, 7) is 5.12. The molecule has 0 aromatic rings. The standard InChI is InChI=1S/C49H80O4/c1-3-5-7-9-11-13-15-17-19-21-23-25-26-28-30-32-34-36-38-40-42-44-49(51)53-48(46-50)47-52-45-43-41-39-37-35-33-31-29-27-24-22-20-18-16-14-12-10-8-6-4-2/h5,7,11-14,17-20,23-25,27-28,30,34,36,48,50H,3-4,6,8-10,15-16,21-22,26,29,31-33,35,37-47H2,1-2H3/b7-5-,13-11-,14-12-,19-17-,20-18-,25-23-,27-24-,30-28-,36-34-. The summed E-state index contributed by atoms with van der Waals surface area (Å²) in [4.78, 5) is 12.2. The minimum atomic E-state index is -0.571. The van der Waals surface area contributed by atoms with Crippen LogP contribution < -0.4 is 0 Å². The van der Waals surface area contributed by atoms with Gasteiger partial charge in [-0.1, -0.05) is 168 Å². The summed E-state index contributed by atoms with van der Waals surface area (Å²) in [5.41, 5.74) is 0. The number of aliphatic hydroxyl groups excluding tert-OH is 1. The molecular weight excluding hydrogens is 653 g/mol. The van der Waals surface area contributed by atoms with Crippen molar-refractivity contribution in [3.8, 4) is 0 Å². The molecule has 1 atom stereocenters. The molecule has 0 aliphatic carbocycles. The van der Waals surface area contributed by atoms with E-state index < -0.39 is 6.10 Å². The zero-order valence-electron chi connectivity index (χ0n) is 34.2. The average molecular weight is 733 g/mol. The zero-order valence-corrected chi connectivity index (χ0v) is 34.2. The smallest absolute Gasteiger partial charge is 0.306 e. The van der Waals surface area contributed by atoms with E-state index in [1.165, 1.54) is 64.2 Å². The number of rotatable bonds is 38. The van der Waals surface area contributed by atoms with Crippen LogP contribution in [0.1, 0.15) is 168 Å². The highest BCUT2D eigenvalue weighted by Gasteiger charge is 2.13. The zero-order chi connectivity index (χ0) is 38.4. The maximum Gasteiger partial charge on any atom is 0.306 e. The molecule has 1 N–H and O–H groups in total. The van der Waals surface area contributed by atoms with Crippen LogP contribution in [0.4, 0.5) is 0 Å². The summed E-state index contributed by atoms with van der Waals surface area (Å²) in [5.74, 6) is -0.251. The largest absolute Gasteiger partial charge is 0.457 e. The van der Waals surface area contributed by atoms with Crippen LogP contribution in [-0.4, -0.2) is 37.0 Å². The van der Waals surface area contributed by atoms with E-state index in [4.69, 9.17) is 9.47 Å². The van der Waals surface area contributed by atoms with Gasteiger partial charge in [0.25, 0.3) is 0 Å². The van der Waals surface area contributed by atoms with Crippen molar-refractivity contribution in [1.29, 1.82) is 0 Å². The van der Waals surface area contributed by atoms with Gasteiger partial charge in [-0.05, 0) is 103 Å². The van der Waals surface area contributed by atoms with Crippen molar-refractivity contribution in [3.05, 3.63) is 109 Å². The molecule has 1 unspecified atom stereocenters. The highest BCUT2D eigenvalue weighted by molar-refractivity contribution is 5.69. The second-order valence-corrected chi connectivity index (χ2v) is 13.7. The van der Waals surface area contributed by atoms with Crippen LogP contribution in [0.2, 0.25) is 0 Å². The molecule has 0 amide bonds. The van der Waals surface area contributed by atoms with E-state index in [0.29, 0.717) is 13.0 Å². The fraction of sp³-hybridized carbons (Fsp3) is 0.612. The summed E-state index contributed by atoms with van der Waals surface area (Å²) in [7, 11) is 0. The van der Waals surface area contributed by atoms with E-state index in [1.807, 2.05) is 0 Å². The number of esters is 1. The summed E-state index contributed by atoms with van der Waals surface area (Å²) in [6.07, 6.45) is 65.7. The van der Waals surface area contributed by atoms with Gasteiger partial charge in [0.15, 0.2) is 0 Å². The Morgan fingerprint density at radius 2 is 0.849 bits per heavy atom. The van der Waals surface area contributed by atoms with Crippen molar-refractivity contribution >= 4 is 5.97 Å². The Morgan fingerprint density at radius 3 is 1.28 bits per heavy atom. The number of allylic oxidation sites excluding steroid dienone is 18. The average Bonchev–Trinajstić information content (AvgIpc) is 3.16. The molecule has 0 aliphatic rings. The Bertz CT molecular complexity index is 1040. The predicted molar refractivity (Wildman–Crippen MR) is 232 cm³/mol. The van der Waals surface area contributed by atoms with Gasteiger partial charge in [-0.25, -0.2) is 0 Å². The SMILES string of the molecule is CC/C=C\C/C=C\C/C=C\C/C=C\C/C=C\C/C=C\CCCCC(=O)OC(CO)COCCCCCCCCC/C=C\C/C=C\C/C=C\CCCCC.